The second-order valence-electron chi connectivity index (χ2n) is 4.52. The number of carboxylic acid groups (broad SMARTS) is 2. The van der Waals surface area contributed by atoms with Gasteiger partial charge in [-0.1, -0.05) is 18.2 Å². The Morgan fingerprint density at radius 3 is 2.33 bits per heavy atom. The van der Waals surface area contributed by atoms with Crippen LogP contribution in [0.2, 0.25) is 0 Å². The number of benzene rings is 1. The third-order valence-electron chi connectivity index (χ3n) is 2.69. The van der Waals surface area contributed by atoms with Crippen LogP contribution in [-0.2, 0) is 9.59 Å². The minimum absolute atomic E-state index is 0.160. The molecule has 1 aromatic carbocycles. The molecular weight excluding hydrogens is 297 g/mol. The number of para-hydroxylation sites is 1. The minimum Gasteiger partial charge on any atom is -0.481 e. The van der Waals surface area contributed by atoms with Crippen LogP contribution in [0, 0.1) is 5.92 Å². The zero-order valence-electron chi connectivity index (χ0n) is 11.2. The van der Waals surface area contributed by atoms with E-state index in [9.17, 15) is 19.4 Å². The number of carbonyl (C=O) groups is 2. The van der Waals surface area contributed by atoms with Crippen LogP contribution in [0.25, 0.3) is 0 Å². The van der Waals surface area contributed by atoms with Gasteiger partial charge >= 0.3 is 19.7 Å². The van der Waals surface area contributed by atoms with E-state index >= 15 is 0 Å². The third-order valence-corrected chi connectivity index (χ3v) is 4.16. The molecule has 0 spiro atoms. The average Bonchev–Trinajstić information content (AvgIpc) is 2.42. The number of aliphatic imine (C=N–C) groups is 1. The highest BCUT2D eigenvalue weighted by Gasteiger charge is 2.38. The molecule has 0 amide bonds. The van der Waals surface area contributed by atoms with E-state index in [-0.39, 0.29) is 12.8 Å². The molecule has 0 aromatic heterocycles. The Morgan fingerprint density at radius 1 is 1.19 bits per heavy atom. The lowest BCUT2D eigenvalue weighted by Gasteiger charge is -2.13. The first-order valence-electron chi connectivity index (χ1n) is 6.18. The summed E-state index contributed by atoms with van der Waals surface area (Å²) in [5.41, 5.74) is 0.516. The fourth-order valence-electron chi connectivity index (χ4n) is 1.64. The van der Waals surface area contributed by atoms with E-state index in [0.29, 0.717) is 5.69 Å². The highest BCUT2D eigenvalue weighted by atomic mass is 31.2. The molecule has 0 saturated heterocycles. The number of hydrogen-bond donors (Lipinski definition) is 4. The van der Waals surface area contributed by atoms with Crippen LogP contribution in [-0.4, -0.2) is 44.1 Å². The predicted octanol–water partition coefficient (Wildman–Crippen LogP) is 1.74. The van der Waals surface area contributed by atoms with Crippen LogP contribution in [0.3, 0.4) is 0 Å². The average molecular weight is 314 g/mol. The van der Waals surface area contributed by atoms with Gasteiger partial charge in [0.15, 0.2) is 0 Å². The van der Waals surface area contributed by atoms with Crippen LogP contribution in [0.15, 0.2) is 35.3 Å². The zero-order valence-corrected chi connectivity index (χ0v) is 12.1. The molecular formula is C13H17NO6P+. The van der Waals surface area contributed by atoms with E-state index < -0.39 is 31.7 Å². The molecule has 0 aliphatic heterocycles. The van der Waals surface area contributed by atoms with E-state index in [1.54, 1.807) is 30.3 Å². The summed E-state index contributed by atoms with van der Waals surface area (Å²) in [6.45, 7) is 0. The van der Waals surface area contributed by atoms with Gasteiger partial charge in [0.2, 0.25) is 5.96 Å². The van der Waals surface area contributed by atoms with Crippen molar-refractivity contribution in [2.45, 2.75) is 12.8 Å². The van der Waals surface area contributed by atoms with Crippen molar-refractivity contribution in [1.82, 2.24) is 0 Å². The molecule has 0 aliphatic rings. The topological polar surface area (TPSA) is 127 Å². The maximum Gasteiger partial charge on any atom is 0.312 e. The first-order valence-corrected chi connectivity index (χ1v) is 8.13. The van der Waals surface area contributed by atoms with Crippen molar-refractivity contribution in [1.29, 1.82) is 0 Å². The SMILES string of the molecule is O=C(O)CCC(C[P+](O)(O)C=Nc1ccccc1)C(=O)O. The van der Waals surface area contributed by atoms with E-state index in [1.165, 1.54) is 0 Å². The quantitative estimate of drug-likeness (QED) is 0.427. The minimum atomic E-state index is -3.64. The van der Waals surface area contributed by atoms with Crippen LogP contribution >= 0.6 is 7.72 Å². The largest absolute Gasteiger partial charge is 0.481 e. The van der Waals surface area contributed by atoms with Gasteiger partial charge in [-0.3, -0.25) is 9.59 Å². The van der Waals surface area contributed by atoms with Gasteiger partial charge in [0.05, 0.1) is 11.6 Å². The molecule has 1 aromatic rings. The van der Waals surface area contributed by atoms with E-state index in [4.69, 9.17) is 10.2 Å². The maximum absolute atomic E-state index is 11.0. The molecule has 0 fully saturated rings. The van der Waals surface area contributed by atoms with Gasteiger partial charge in [0, 0.05) is 6.42 Å². The summed E-state index contributed by atoms with van der Waals surface area (Å²) >= 11 is 0. The molecule has 1 rings (SSSR count). The molecule has 1 unspecified atom stereocenters. The Bertz CT molecular complexity index is 517. The Kier molecular flexibility index (Phi) is 6.42. The molecule has 8 heteroatoms. The van der Waals surface area contributed by atoms with E-state index in [1.807, 2.05) is 0 Å². The van der Waals surface area contributed by atoms with Crippen LogP contribution in [0.1, 0.15) is 12.8 Å². The molecule has 0 saturated carbocycles. The van der Waals surface area contributed by atoms with Crippen LogP contribution in [0.4, 0.5) is 5.69 Å². The van der Waals surface area contributed by atoms with Gasteiger partial charge in [-0.2, -0.15) is 0 Å². The summed E-state index contributed by atoms with van der Waals surface area (Å²) in [5, 5.41) is 17.6. The molecule has 0 radical (unpaired) electrons. The summed E-state index contributed by atoms with van der Waals surface area (Å²) in [7, 11) is -3.64. The Labute approximate surface area is 122 Å². The fourth-order valence-corrected chi connectivity index (χ4v) is 3.04. The second-order valence-corrected chi connectivity index (χ2v) is 6.68. The fraction of sp³-hybridized carbons (Fsp3) is 0.308. The standard InChI is InChI=1S/C13H16NO6P/c15-12(16)7-6-10(13(17)18)8-21(19,20)9-14-11-4-2-1-3-5-11/h1-5,9-10,19-20H,6-8H2,(H-,15,16,17,18)/p+1. The van der Waals surface area contributed by atoms with Gasteiger partial charge in [-0.05, 0) is 18.6 Å². The lowest BCUT2D eigenvalue weighted by molar-refractivity contribution is -0.142. The normalized spacial score (nSPS) is 13.2. The lowest BCUT2D eigenvalue weighted by Crippen LogP contribution is -2.21. The van der Waals surface area contributed by atoms with Crippen molar-refractivity contribution in [2.24, 2.45) is 10.9 Å². The smallest absolute Gasteiger partial charge is 0.312 e. The van der Waals surface area contributed by atoms with Crippen LogP contribution < -0.4 is 0 Å². The van der Waals surface area contributed by atoms with Gasteiger partial charge in [0.25, 0.3) is 0 Å². The van der Waals surface area contributed by atoms with Gasteiger partial charge in [0.1, 0.15) is 6.16 Å². The first kappa shape index (κ1) is 17.2. The molecule has 4 N–H and O–H groups in total. The van der Waals surface area contributed by atoms with Gasteiger partial charge in [-0.25, -0.2) is 14.8 Å². The summed E-state index contributed by atoms with van der Waals surface area (Å²) in [4.78, 5) is 45.1. The molecule has 114 valence electrons. The molecule has 7 nitrogen and oxygen atoms in total. The Hall–Kier alpha value is -1.82. The molecule has 1 atom stereocenters. The molecule has 0 aliphatic carbocycles. The summed E-state index contributed by atoms with van der Waals surface area (Å²) in [6.07, 6.45) is -0.925. The maximum atomic E-state index is 11.0. The van der Waals surface area contributed by atoms with Gasteiger partial charge < -0.3 is 10.2 Å². The van der Waals surface area contributed by atoms with Crippen molar-refractivity contribution in [2.75, 3.05) is 6.16 Å². The van der Waals surface area contributed by atoms with Crippen molar-refractivity contribution in [3.63, 3.8) is 0 Å². The van der Waals surface area contributed by atoms with E-state index in [0.717, 1.165) is 5.96 Å². The number of rotatable bonds is 8. The highest BCUT2D eigenvalue weighted by molar-refractivity contribution is 7.79. The third kappa shape index (κ3) is 6.94. The second kappa shape index (κ2) is 7.83. The number of carboxylic acids is 2. The van der Waals surface area contributed by atoms with Gasteiger partial charge in [-0.15, -0.1) is 0 Å². The monoisotopic (exact) mass is 314 g/mol. The number of nitrogens with zero attached hydrogens (tertiary/aromatic N) is 1. The lowest BCUT2D eigenvalue weighted by atomic mass is 10.1. The molecule has 0 bridgehead atoms. The highest BCUT2D eigenvalue weighted by Crippen LogP contribution is 2.49. The molecule has 0 heterocycles. The molecule has 21 heavy (non-hydrogen) atoms. The Balaban J connectivity index is 2.69. The predicted molar refractivity (Wildman–Crippen MR) is 78.8 cm³/mol. The van der Waals surface area contributed by atoms with Crippen molar-refractivity contribution < 1.29 is 29.6 Å². The summed E-state index contributed by atoms with van der Waals surface area (Å²) < 4.78 is 0. The van der Waals surface area contributed by atoms with E-state index in [2.05, 4.69) is 4.99 Å². The van der Waals surface area contributed by atoms with Crippen LogP contribution in [0.5, 0.6) is 0 Å². The Morgan fingerprint density at radius 2 is 1.81 bits per heavy atom. The van der Waals surface area contributed by atoms with Crippen molar-refractivity contribution in [3.8, 4) is 0 Å². The first-order chi connectivity index (χ1) is 9.80. The summed E-state index contributed by atoms with van der Waals surface area (Å²) in [5.74, 6) is -2.55. The van der Waals surface area contributed by atoms with Crippen molar-refractivity contribution in [3.05, 3.63) is 30.3 Å². The number of aliphatic carboxylic acids is 2. The summed E-state index contributed by atoms with van der Waals surface area (Å²) in [6, 6.07) is 8.57. The van der Waals surface area contributed by atoms with Crippen molar-refractivity contribution >= 4 is 31.3 Å². The number of hydrogen-bond acceptors (Lipinski definition) is 5. The zero-order chi connectivity index (χ0) is 15.9.